The zero-order valence-electron chi connectivity index (χ0n) is 17.4. The topological polar surface area (TPSA) is 26.8 Å². The minimum atomic E-state index is 0.345. The minimum absolute atomic E-state index is 0.345. The van der Waals surface area contributed by atoms with Gasteiger partial charge in [0.15, 0.2) is 0 Å². The molecule has 0 bridgehead atoms. The van der Waals surface area contributed by atoms with Gasteiger partial charge in [0.1, 0.15) is 0 Å². The predicted octanol–water partition coefficient (Wildman–Crippen LogP) is 3.76. The summed E-state index contributed by atoms with van der Waals surface area (Å²) >= 11 is 0. The van der Waals surface area contributed by atoms with Crippen LogP contribution in [-0.2, 0) is 4.79 Å². The Kier molecular flexibility index (Phi) is 7.10. The summed E-state index contributed by atoms with van der Waals surface area (Å²) in [4.78, 5) is 20.8. The molecule has 4 aliphatic rings. The number of hydrogen-bond donors (Lipinski definition) is 0. The second-order valence-electron chi connectivity index (χ2n) is 9.77. The monoisotopic (exact) mass is 375 g/mol. The molecule has 0 aromatic rings. The number of nitrogens with zero attached hydrogens (tertiary/aromatic N) is 3. The van der Waals surface area contributed by atoms with E-state index in [1.807, 2.05) is 0 Å². The molecule has 4 nitrogen and oxygen atoms in total. The van der Waals surface area contributed by atoms with Crippen molar-refractivity contribution >= 4 is 5.91 Å². The quantitative estimate of drug-likeness (QED) is 0.678. The molecule has 4 rings (SSSR count). The largest absolute Gasteiger partial charge is 0.337 e. The number of rotatable bonds is 7. The molecule has 1 atom stereocenters. The third kappa shape index (κ3) is 5.26. The van der Waals surface area contributed by atoms with Crippen LogP contribution in [0.25, 0.3) is 0 Å². The van der Waals surface area contributed by atoms with E-state index in [1.54, 1.807) is 0 Å². The fourth-order valence-corrected chi connectivity index (χ4v) is 5.80. The molecule has 1 unspecified atom stereocenters. The lowest BCUT2D eigenvalue weighted by molar-refractivity contribution is -0.142. The van der Waals surface area contributed by atoms with Crippen LogP contribution < -0.4 is 0 Å². The summed E-state index contributed by atoms with van der Waals surface area (Å²) in [6, 6.07) is 0.470. The molecule has 27 heavy (non-hydrogen) atoms. The molecular formula is C23H41N3O. The third-order valence-electron chi connectivity index (χ3n) is 7.76. The van der Waals surface area contributed by atoms with E-state index in [0.717, 1.165) is 38.4 Å². The van der Waals surface area contributed by atoms with E-state index in [4.69, 9.17) is 0 Å². The Morgan fingerprint density at radius 2 is 1.52 bits per heavy atom. The summed E-state index contributed by atoms with van der Waals surface area (Å²) < 4.78 is 0. The van der Waals surface area contributed by atoms with Crippen LogP contribution in [0.1, 0.15) is 77.0 Å². The van der Waals surface area contributed by atoms with E-state index in [9.17, 15) is 4.79 Å². The van der Waals surface area contributed by atoms with Gasteiger partial charge in [0, 0.05) is 38.1 Å². The van der Waals surface area contributed by atoms with Crippen LogP contribution in [0.3, 0.4) is 0 Å². The van der Waals surface area contributed by atoms with Crippen LogP contribution in [0.4, 0.5) is 0 Å². The lowest BCUT2D eigenvalue weighted by Crippen LogP contribution is -2.54. The first-order valence-corrected chi connectivity index (χ1v) is 12.0. The zero-order valence-corrected chi connectivity index (χ0v) is 17.4. The van der Waals surface area contributed by atoms with Gasteiger partial charge in [-0.25, -0.2) is 0 Å². The number of amides is 1. The van der Waals surface area contributed by atoms with Crippen LogP contribution >= 0.6 is 0 Å². The molecule has 1 amide bonds. The van der Waals surface area contributed by atoms with Gasteiger partial charge in [-0.05, 0) is 76.9 Å². The Bertz CT molecular complexity index is 466. The first-order valence-electron chi connectivity index (χ1n) is 12.0. The number of piperidine rings is 1. The average molecular weight is 376 g/mol. The summed E-state index contributed by atoms with van der Waals surface area (Å²) in [6.07, 6.45) is 15.9. The Morgan fingerprint density at radius 1 is 0.778 bits per heavy atom. The third-order valence-corrected chi connectivity index (χ3v) is 7.76. The average Bonchev–Trinajstić information content (AvgIpc) is 3.15. The molecule has 0 spiro atoms. The lowest BCUT2D eigenvalue weighted by Gasteiger charge is -2.43. The Balaban J connectivity index is 1.34. The number of hydrogen-bond acceptors (Lipinski definition) is 3. The van der Waals surface area contributed by atoms with Crippen molar-refractivity contribution in [3.63, 3.8) is 0 Å². The van der Waals surface area contributed by atoms with Crippen LogP contribution in [0.5, 0.6) is 0 Å². The smallest absolute Gasteiger partial charge is 0.226 e. The molecule has 2 aliphatic carbocycles. The SMILES string of the molecule is O=C(C1CCC1)N(CCN1CCCC1)C1CCCN(CC2CCCCC2)C1. The maximum atomic E-state index is 13.2. The zero-order chi connectivity index (χ0) is 18.5. The van der Waals surface area contributed by atoms with Crippen molar-refractivity contribution in [3.8, 4) is 0 Å². The Labute approximate surface area is 166 Å². The molecule has 2 saturated carbocycles. The highest BCUT2D eigenvalue weighted by atomic mass is 16.2. The second-order valence-corrected chi connectivity index (χ2v) is 9.77. The van der Waals surface area contributed by atoms with Crippen molar-refractivity contribution in [1.29, 1.82) is 0 Å². The summed E-state index contributed by atoms with van der Waals surface area (Å²) in [5, 5.41) is 0. The second kappa shape index (κ2) is 9.73. The van der Waals surface area contributed by atoms with E-state index in [-0.39, 0.29) is 0 Å². The van der Waals surface area contributed by atoms with E-state index in [1.165, 1.54) is 90.4 Å². The minimum Gasteiger partial charge on any atom is -0.337 e. The van der Waals surface area contributed by atoms with Gasteiger partial charge in [-0.15, -0.1) is 0 Å². The summed E-state index contributed by atoms with van der Waals surface area (Å²) in [7, 11) is 0. The highest BCUT2D eigenvalue weighted by Crippen LogP contribution is 2.31. The number of likely N-dealkylation sites (tertiary alicyclic amines) is 2. The van der Waals surface area contributed by atoms with E-state index in [2.05, 4.69) is 14.7 Å². The molecule has 4 heteroatoms. The molecular weight excluding hydrogens is 334 g/mol. The van der Waals surface area contributed by atoms with Gasteiger partial charge in [0.05, 0.1) is 0 Å². The molecule has 0 aromatic heterocycles. The maximum absolute atomic E-state index is 13.2. The molecule has 0 radical (unpaired) electrons. The van der Waals surface area contributed by atoms with Crippen molar-refractivity contribution in [2.24, 2.45) is 11.8 Å². The van der Waals surface area contributed by atoms with Gasteiger partial charge in [-0.3, -0.25) is 4.79 Å². The van der Waals surface area contributed by atoms with E-state index < -0.39 is 0 Å². The first kappa shape index (κ1) is 19.7. The fourth-order valence-electron chi connectivity index (χ4n) is 5.80. The number of carbonyl (C=O) groups is 1. The summed E-state index contributed by atoms with van der Waals surface area (Å²) in [6.45, 7) is 8.22. The molecule has 0 N–H and O–H groups in total. The van der Waals surface area contributed by atoms with Gasteiger partial charge >= 0.3 is 0 Å². The lowest BCUT2D eigenvalue weighted by atomic mass is 9.83. The van der Waals surface area contributed by atoms with Crippen LogP contribution in [-0.4, -0.2) is 72.5 Å². The first-order chi connectivity index (χ1) is 13.3. The maximum Gasteiger partial charge on any atom is 0.226 e. The van der Waals surface area contributed by atoms with Crippen molar-refractivity contribution in [2.45, 2.75) is 83.1 Å². The Hall–Kier alpha value is -0.610. The van der Waals surface area contributed by atoms with Gasteiger partial charge in [-0.1, -0.05) is 25.7 Å². The van der Waals surface area contributed by atoms with Gasteiger partial charge in [-0.2, -0.15) is 0 Å². The highest BCUT2D eigenvalue weighted by molar-refractivity contribution is 5.80. The molecule has 0 aromatic carbocycles. The van der Waals surface area contributed by atoms with Crippen LogP contribution in [0.2, 0.25) is 0 Å². The van der Waals surface area contributed by atoms with Crippen molar-refractivity contribution in [2.75, 3.05) is 45.8 Å². The predicted molar refractivity (Wildman–Crippen MR) is 111 cm³/mol. The highest BCUT2D eigenvalue weighted by Gasteiger charge is 2.35. The van der Waals surface area contributed by atoms with Crippen molar-refractivity contribution in [3.05, 3.63) is 0 Å². The normalized spacial score (nSPS) is 29.0. The van der Waals surface area contributed by atoms with Gasteiger partial charge in [0.2, 0.25) is 5.91 Å². The van der Waals surface area contributed by atoms with Crippen LogP contribution in [0, 0.1) is 11.8 Å². The Morgan fingerprint density at radius 3 is 2.22 bits per heavy atom. The summed E-state index contributed by atoms with van der Waals surface area (Å²) in [5.41, 5.74) is 0. The molecule has 2 heterocycles. The number of carbonyl (C=O) groups excluding carboxylic acids is 1. The van der Waals surface area contributed by atoms with Crippen molar-refractivity contribution in [1.82, 2.24) is 14.7 Å². The molecule has 4 fully saturated rings. The molecule has 2 saturated heterocycles. The molecule has 154 valence electrons. The standard InChI is InChI=1S/C23H41N3O/c27-23(21-10-6-11-21)26(17-16-24-13-4-5-14-24)22-12-7-15-25(19-22)18-20-8-2-1-3-9-20/h20-22H,1-19H2. The van der Waals surface area contributed by atoms with Crippen LogP contribution in [0.15, 0.2) is 0 Å². The van der Waals surface area contributed by atoms with E-state index in [0.29, 0.717) is 17.9 Å². The van der Waals surface area contributed by atoms with Crippen molar-refractivity contribution < 1.29 is 4.79 Å². The van der Waals surface area contributed by atoms with Gasteiger partial charge < -0.3 is 14.7 Å². The fraction of sp³-hybridized carbons (Fsp3) is 0.957. The summed E-state index contributed by atoms with van der Waals surface area (Å²) in [5.74, 6) is 1.75. The van der Waals surface area contributed by atoms with Gasteiger partial charge in [0.25, 0.3) is 0 Å². The molecule has 2 aliphatic heterocycles. The van der Waals surface area contributed by atoms with E-state index >= 15 is 0 Å².